The van der Waals surface area contributed by atoms with Crippen LogP contribution in [0.4, 0.5) is 0 Å². The average molecular weight is 285 g/mol. The van der Waals surface area contributed by atoms with Crippen LogP contribution in [0, 0.1) is 0 Å². The van der Waals surface area contributed by atoms with Crippen LogP contribution in [0.3, 0.4) is 0 Å². The molecule has 2 nitrogen and oxygen atoms in total. The van der Waals surface area contributed by atoms with Crippen molar-refractivity contribution in [3.05, 3.63) is 21.3 Å². The molecule has 2 aliphatic heterocycles. The summed E-state index contributed by atoms with van der Waals surface area (Å²) in [6, 6.07) is 5.75. The fraction of sp³-hybridized carbons (Fsp3) is 0.714. The Balaban J connectivity index is 1.41. The maximum atomic E-state index is 5.94. The Labute approximate surface area is 118 Å². The Morgan fingerprint density at radius 2 is 2.28 bits per heavy atom. The van der Waals surface area contributed by atoms with Gasteiger partial charge in [0.15, 0.2) is 0 Å². The van der Waals surface area contributed by atoms with E-state index in [1.807, 2.05) is 6.07 Å². The average Bonchev–Trinajstić information content (AvgIpc) is 2.97. The van der Waals surface area contributed by atoms with Crippen LogP contribution < -0.4 is 5.32 Å². The molecule has 0 aromatic carbocycles. The van der Waals surface area contributed by atoms with E-state index < -0.39 is 0 Å². The minimum atomic E-state index is 0.736. The maximum Gasteiger partial charge on any atom is 0.0931 e. The molecule has 0 amide bonds. The molecule has 4 heteroatoms. The van der Waals surface area contributed by atoms with Crippen molar-refractivity contribution in [2.75, 3.05) is 19.6 Å². The predicted molar refractivity (Wildman–Crippen MR) is 78.7 cm³/mol. The number of fused-ring (bicyclic) bond motifs is 1. The highest BCUT2D eigenvalue weighted by atomic mass is 35.5. The smallest absolute Gasteiger partial charge is 0.0931 e. The standard InChI is InChI=1S/C14H21ClN2S/c15-14-4-3-13(18-14)5-7-16-11-6-9-17-8-1-2-12(17)10-11/h3-4,11-12,16H,1-2,5-10H2. The quantitative estimate of drug-likeness (QED) is 0.914. The molecule has 0 radical (unpaired) electrons. The normalized spacial score (nSPS) is 28.5. The van der Waals surface area contributed by atoms with Crippen molar-refractivity contribution in [1.82, 2.24) is 10.2 Å². The number of halogens is 1. The molecule has 3 rings (SSSR count). The second-order valence-corrected chi connectivity index (χ2v) is 7.26. The van der Waals surface area contributed by atoms with E-state index in [9.17, 15) is 0 Å². The predicted octanol–water partition coefficient (Wildman–Crippen LogP) is 3.16. The maximum absolute atomic E-state index is 5.94. The topological polar surface area (TPSA) is 15.3 Å². The van der Waals surface area contributed by atoms with E-state index in [1.165, 1.54) is 43.6 Å². The Hall–Kier alpha value is -0.0900. The third-order valence-corrected chi connectivity index (χ3v) is 5.54. The first-order chi connectivity index (χ1) is 8.81. The largest absolute Gasteiger partial charge is 0.314 e. The number of hydrogen-bond donors (Lipinski definition) is 1. The third-order valence-electron chi connectivity index (χ3n) is 4.25. The summed E-state index contributed by atoms with van der Waals surface area (Å²) >= 11 is 7.65. The molecule has 1 N–H and O–H groups in total. The molecule has 1 aromatic rings. The molecule has 0 aliphatic carbocycles. The van der Waals surface area contributed by atoms with Gasteiger partial charge in [0.25, 0.3) is 0 Å². The van der Waals surface area contributed by atoms with Crippen LogP contribution in [0.2, 0.25) is 4.34 Å². The summed E-state index contributed by atoms with van der Waals surface area (Å²) < 4.78 is 0.907. The van der Waals surface area contributed by atoms with Crippen molar-refractivity contribution < 1.29 is 0 Å². The van der Waals surface area contributed by atoms with Gasteiger partial charge in [0.2, 0.25) is 0 Å². The van der Waals surface area contributed by atoms with Crippen LogP contribution in [-0.4, -0.2) is 36.6 Å². The zero-order chi connectivity index (χ0) is 12.4. The van der Waals surface area contributed by atoms with Gasteiger partial charge in [-0.05, 0) is 57.3 Å². The Morgan fingerprint density at radius 1 is 1.33 bits per heavy atom. The highest BCUT2D eigenvalue weighted by Crippen LogP contribution is 2.27. The zero-order valence-electron chi connectivity index (χ0n) is 10.7. The molecule has 2 unspecified atom stereocenters. The van der Waals surface area contributed by atoms with E-state index in [4.69, 9.17) is 11.6 Å². The number of nitrogens with zero attached hydrogens (tertiary/aromatic N) is 1. The van der Waals surface area contributed by atoms with Crippen LogP contribution in [0.15, 0.2) is 12.1 Å². The first kappa shape index (κ1) is 12.9. The van der Waals surface area contributed by atoms with Crippen molar-refractivity contribution in [2.24, 2.45) is 0 Å². The monoisotopic (exact) mass is 284 g/mol. The molecule has 0 bridgehead atoms. The molecule has 0 spiro atoms. The van der Waals surface area contributed by atoms with E-state index in [-0.39, 0.29) is 0 Å². The highest BCUT2D eigenvalue weighted by molar-refractivity contribution is 7.16. The molecule has 0 saturated carbocycles. The van der Waals surface area contributed by atoms with Crippen molar-refractivity contribution in [3.8, 4) is 0 Å². The van der Waals surface area contributed by atoms with Crippen LogP contribution in [0.1, 0.15) is 30.6 Å². The number of rotatable bonds is 4. The van der Waals surface area contributed by atoms with E-state index in [0.29, 0.717) is 0 Å². The molecule has 2 atom stereocenters. The van der Waals surface area contributed by atoms with Gasteiger partial charge in [-0.15, -0.1) is 11.3 Å². The van der Waals surface area contributed by atoms with E-state index in [2.05, 4.69) is 16.3 Å². The first-order valence-corrected chi connectivity index (χ1v) is 8.22. The Bertz CT molecular complexity index is 393. The molecule has 3 heterocycles. The Kier molecular flexibility index (Phi) is 4.24. The molecule has 100 valence electrons. The molecule has 2 aliphatic rings. The van der Waals surface area contributed by atoms with Gasteiger partial charge in [0.05, 0.1) is 4.34 Å². The number of hydrogen-bond acceptors (Lipinski definition) is 3. The lowest BCUT2D eigenvalue weighted by Gasteiger charge is -2.35. The van der Waals surface area contributed by atoms with E-state index in [1.54, 1.807) is 11.3 Å². The summed E-state index contributed by atoms with van der Waals surface area (Å²) in [6.45, 7) is 3.73. The van der Waals surface area contributed by atoms with Gasteiger partial charge >= 0.3 is 0 Å². The summed E-state index contributed by atoms with van der Waals surface area (Å²) in [5.74, 6) is 0. The lowest BCUT2D eigenvalue weighted by molar-refractivity contribution is 0.167. The van der Waals surface area contributed by atoms with Crippen LogP contribution in [0.25, 0.3) is 0 Å². The van der Waals surface area contributed by atoms with Gasteiger partial charge in [-0.25, -0.2) is 0 Å². The molecule has 1 aromatic heterocycles. The molecule has 2 saturated heterocycles. The summed E-state index contributed by atoms with van der Waals surface area (Å²) in [5.41, 5.74) is 0. The van der Waals surface area contributed by atoms with Crippen LogP contribution in [-0.2, 0) is 6.42 Å². The zero-order valence-corrected chi connectivity index (χ0v) is 12.3. The third kappa shape index (κ3) is 3.08. The first-order valence-electron chi connectivity index (χ1n) is 7.03. The highest BCUT2D eigenvalue weighted by Gasteiger charge is 2.31. The number of piperidine rings is 1. The molecule has 18 heavy (non-hydrogen) atoms. The second kappa shape index (κ2) is 5.91. The minimum absolute atomic E-state index is 0.736. The van der Waals surface area contributed by atoms with Crippen molar-refractivity contribution in [1.29, 1.82) is 0 Å². The van der Waals surface area contributed by atoms with Crippen LogP contribution >= 0.6 is 22.9 Å². The SMILES string of the molecule is Clc1ccc(CCNC2CCN3CCCC3C2)s1. The van der Waals surface area contributed by atoms with Crippen molar-refractivity contribution >= 4 is 22.9 Å². The lowest BCUT2D eigenvalue weighted by atomic mass is 9.97. The number of thiophene rings is 1. The lowest BCUT2D eigenvalue weighted by Crippen LogP contribution is -2.46. The molecule has 2 fully saturated rings. The summed E-state index contributed by atoms with van der Waals surface area (Å²) in [4.78, 5) is 4.07. The summed E-state index contributed by atoms with van der Waals surface area (Å²) in [6.07, 6.45) is 6.61. The van der Waals surface area contributed by atoms with Crippen molar-refractivity contribution in [3.63, 3.8) is 0 Å². The van der Waals surface area contributed by atoms with Crippen molar-refractivity contribution in [2.45, 2.75) is 44.2 Å². The fourth-order valence-corrected chi connectivity index (χ4v) is 4.38. The molecular formula is C14H21ClN2S. The number of nitrogens with one attached hydrogen (secondary N) is 1. The van der Waals surface area contributed by atoms with Gasteiger partial charge < -0.3 is 10.2 Å². The van der Waals surface area contributed by atoms with Gasteiger partial charge in [0, 0.05) is 23.5 Å². The summed E-state index contributed by atoms with van der Waals surface area (Å²) in [7, 11) is 0. The fourth-order valence-electron chi connectivity index (χ4n) is 3.30. The van der Waals surface area contributed by atoms with E-state index >= 15 is 0 Å². The Morgan fingerprint density at radius 3 is 3.11 bits per heavy atom. The van der Waals surface area contributed by atoms with Gasteiger partial charge in [-0.3, -0.25) is 0 Å². The van der Waals surface area contributed by atoms with Gasteiger partial charge in [-0.2, -0.15) is 0 Å². The van der Waals surface area contributed by atoms with E-state index in [0.717, 1.165) is 29.4 Å². The molecular weight excluding hydrogens is 264 g/mol. The second-order valence-electron chi connectivity index (χ2n) is 5.46. The van der Waals surface area contributed by atoms with Crippen LogP contribution in [0.5, 0.6) is 0 Å². The van der Waals surface area contributed by atoms with Gasteiger partial charge in [-0.1, -0.05) is 11.6 Å². The van der Waals surface area contributed by atoms with Gasteiger partial charge in [0.1, 0.15) is 0 Å². The minimum Gasteiger partial charge on any atom is -0.314 e. The summed E-state index contributed by atoms with van der Waals surface area (Å²) in [5, 5.41) is 3.73.